The first-order chi connectivity index (χ1) is 14.7. The number of hydrogen-bond donors (Lipinski definition) is 0. The fraction of sp³-hybridized carbons (Fsp3) is 0.360. The number of para-hydroxylation sites is 2. The Morgan fingerprint density at radius 1 is 1.00 bits per heavy atom. The third-order valence-corrected chi connectivity index (χ3v) is 5.72. The van der Waals surface area contributed by atoms with Crippen LogP contribution < -0.4 is 4.74 Å². The average Bonchev–Trinajstić information content (AvgIpc) is 2.78. The molecule has 1 amide bonds. The van der Waals surface area contributed by atoms with Crippen molar-refractivity contribution in [1.82, 2.24) is 14.8 Å². The number of nitrogens with zero attached hydrogens (tertiary/aromatic N) is 3. The molecule has 1 saturated heterocycles. The van der Waals surface area contributed by atoms with E-state index in [0.29, 0.717) is 13.0 Å². The van der Waals surface area contributed by atoms with Crippen molar-refractivity contribution < 1.29 is 9.53 Å². The Kier molecular flexibility index (Phi) is 6.60. The molecule has 0 saturated carbocycles. The molecule has 1 aliphatic rings. The standard InChI is InChI=1S/C25H29N3O2/c1-20-7-2-3-11-23(20)30-18-6-12-24(29)28-16-14-27(15-17-28)19-22-9-4-8-21-10-5-13-26-25(21)22/h2-5,7-11,13H,6,12,14-19H2,1H3. The Bertz CT molecular complexity index is 991. The van der Waals surface area contributed by atoms with Gasteiger partial charge < -0.3 is 9.64 Å². The summed E-state index contributed by atoms with van der Waals surface area (Å²) in [5.41, 5.74) is 3.45. The maximum Gasteiger partial charge on any atom is 0.222 e. The van der Waals surface area contributed by atoms with Gasteiger partial charge in [-0.3, -0.25) is 14.7 Å². The second-order valence-electron chi connectivity index (χ2n) is 7.87. The summed E-state index contributed by atoms with van der Waals surface area (Å²) in [6.45, 7) is 6.86. The van der Waals surface area contributed by atoms with Gasteiger partial charge in [-0.2, -0.15) is 0 Å². The Hall–Kier alpha value is -2.92. The van der Waals surface area contributed by atoms with Crippen LogP contribution in [0.1, 0.15) is 24.0 Å². The zero-order valence-corrected chi connectivity index (χ0v) is 17.6. The Labute approximate surface area is 178 Å². The van der Waals surface area contributed by atoms with Gasteiger partial charge in [0, 0.05) is 50.7 Å². The minimum absolute atomic E-state index is 0.231. The van der Waals surface area contributed by atoms with E-state index < -0.39 is 0 Å². The van der Waals surface area contributed by atoms with Crippen molar-refractivity contribution in [2.24, 2.45) is 0 Å². The third-order valence-electron chi connectivity index (χ3n) is 5.72. The number of fused-ring (bicyclic) bond motifs is 1. The zero-order chi connectivity index (χ0) is 20.8. The maximum absolute atomic E-state index is 12.6. The van der Waals surface area contributed by atoms with Crippen molar-refractivity contribution in [3.05, 3.63) is 71.9 Å². The summed E-state index contributed by atoms with van der Waals surface area (Å²) in [6.07, 6.45) is 3.14. The van der Waals surface area contributed by atoms with Crippen LogP contribution in [0, 0.1) is 6.92 Å². The van der Waals surface area contributed by atoms with Crippen molar-refractivity contribution in [1.29, 1.82) is 0 Å². The van der Waals surface area contributed by atoms with E-state index in [1.54, 1.807) is 0 Å². The van der Waals surface area contributed by atoms with Crippen molar-refractivity contribution >= 4 is 16.8 Å². The van der Waals surface area contributed by atoms with Crippen molar-refractivity contribution in [2.45, 2.75) is 26.3 Å². The van der Waals surface area contributed by atoms with E-state index in [1.165, 1.54) is 10.9 Å². The number of carbonyl (C=O) groups excluding carboxylic acids is 1. The lowest BCUT2D eigenvalue weighted by atomic mass is 10.1. The van der Waals surface area contributed by atoms with E-state index >= 15 is 0 Å². The number of ether oxygens (including phenoxy) is 1. The van der Waals surface area contributed by atoms with Gasteiger partial charge in [0.2, 0.25) is 5.91 Å². The quantitative estimate of drug-likeness (QED) is 0.559. The Morgan fingerprint density at radius 2 is 1.80 bits per heavy atom. The first-order valence-electron chi connectivity index (χ1n) is 10.7. The second-order valence-corrected chi connectivity index (χ2v) is 7.87. The smallest absolute Gasteiger partial charge is 0.222 e. The minimum atomic E-state index is 0.231. The highest BCUT2D eigenvalue weighted by Crippen LogP contribution is 2.19. The molecular weight excluding hydrogens is 374 g/mol. The van der Waals surface area contributed by atoms with E-state index in [2.05, 4.69) is 34.1 Å². The molecule has 1 aromatic heterocycles. The summed E-state index contributed by atoms with van der Waals surface area (Å²) in [6, 6.07) is 18.4. The number of benzene rings is 2. The normalized spacial score (nSPS) is 14.8. The molecule has 0 atom stereocenters. The fourth-order valence-corrected chi connectivity index (χ4v) is 3.97. The van der Waals surface area contributed by atoms with E-state index in [-0.39, 0.29) is 5.91 Å². The molecule has 0 spiro atoms. The predicted octanol–water partition coefficient (Wildman–Crippen LogP) is 4.05. The van der Waals surface area contributed by atoms with Crippen LogP contribution in [0.3, 0.4) is 0 Å². The van der Waals surface area contributed by atoms with Crippen LogP contribution in [0.4, 0.5) is 0 Å². The summed E-state index contributed by atoms with van der Waals surface area (Å²) in [4.78, 5) is 21.5. The highest BCUT2D eigenvalue weighted by atomic mass is 16.5. The number of amides is 1. The fourth-order valence-electron chi connectivity index (χ4n) is 3.97. The van der Waals surface area contributed by atoms with Crippen molar-refractivity contribution in [3.8, 4) is 5.75 Å². The molecule has 1 fully saturated rings. The van der Waals surface area contributed by atoms with Crippen LogP contribution in [-0.2, 0) is 11.3 Å². The number of rotatable bonds is 7. The van der Waals surface area contributed by atoms with Crippen molar-refractivity contribution in [2.75, 3.05) is 32.8 Å². The SMILES string of the molecule is Cc1ccccc1OCCCC(=O)N1CCN(Cc2cccc3cccnc23)CC1. The summed E-state index contributed by atoms with van der Waals surface area (Å²) in [5.74, 6) is 1.14. The summed E-state index contributed by atoms with van der Waals surface area (Å²) in [7, 11) is 0. The maximum atomic E-state index is 12.6. The monoisotopic (exact) mass is 403 g/mol. The molecule has 3 aromatic rings. The van der Waals surface area contributed by atoms with Gasteiger partial charge in [0.05, 0.1) is 12.1 Å². The zero-order valence-electron chi connectivity index (χ0n) is 17.6. The molecule has 1 aliphatic heterocycles. The number of piperazine rings is 1. The van der Waals surface area contributed by atoms with Crippen LogP contribution in [0.25, 0.3) is 10.9 Å². The van der Waals surface area contributed by atoms with Gasteiger partial charge in [0.25, 0.3) is 0 Å². The molecule has 2 heterocycles. The van der Waals surface area contributed by atoms with Crippen LogP contribution in [0.2, 0.25) is 0 Å². The van der Waals surface area contributed by atoms with Crippen molar-refractivity contribution in [3.63, 3.8) is 0 Å². The largest absolute Gasteiger partial charge is 0.493 e. The molecule has 0 unspecified atom stereocenters. The molecule has 156 valence electrons. The highest BCUT2D eigenvalue weighted by molar-refractivity contribution is 5.81. The van der Waals surface area contributed by atoms with Gasteiger partial charge in [-0.05, 0) is 36.6 Å². The van der Waals surface area contributed by atoms with Gasteiger partial charge in [-0.25, -0.2) is 0 Å². The molecule has 0 aliphatic carbocycles. The van der Waals surface area contributed by atoms with Gasteiger partial charge in [-0.15, -0.1) is 0 Å². The lowest BCUT2D eigenvalue weighted by Gasteiger charge is -2.35. The summed E-state index contributed by atoms with van der Waals surface area (Å²) >= 11 is 0. The van der Waals surface area contributed by atoms with E-state index in [0.717, 1.165) is 56.0 Å². The molecule has 2 aromatic carbocycles. The molecule has 4 rings (SSSR count). The molecular formula is C25H29N3O2. The van der Waals surface area contributed by atoms with E-state index in [4.69, 9.17) is 4.74 Å². The molecule has 5 nitrogen and oxygen atoms in total. The van der Waals surface area contributed by atoms with Crippen LogP contribution in [0.15, 0.2) is 60.8 Å². The number of pyridine rings is 1. The van der Waals surface area contributed by atoms with Gasteiger partial charge in [0.15, 0.2) is 0 Å². The first-order valence-corrected chi connectivity index (χ1v) is 10.7. The topological polar surface area (TPSA) is 45.7 Å². The van der Waals surface area contributed by atoms with Crippen LogP contribution >= 0.6 is 0 Å². The summed E-state index contributed by atoms with van der Waals surface area (Å²) < 4.78 is 5.81. The Balaban J connectivity index is 1.21. The molecule has 30 heavy (non-hydrogen) atoms. The Morgan fingerprint density at radius 3 is 2.63 bits per heavy atom. The minimum Gasteiger partial charge on any atom is -0.493 e. The number of aryl methyl sites for hydroxylation is 1. The van der Waals surface area contributed by atoms with Crippen LogP contribution in [0.5, 0.6) is 5.75 Å². The summed E-state index contributed by atoms with van der Waals surface area (Å²) in [5, 5.41) is 1.18. The number of aromatic nitrogens is 1. The lowest BCUT2D eigenvalue weighted by molar-refractivity contribution is -0.133. The average molecular weight is 404 g/mol. The van der Waals surface area contributed by atoms with E-state index in [9.17, 15) is 4.79 Å². The van der Waals surface area contributed by atoms with Gasteiger partial charge in [0.1, 0.15) is 5.75 Å². The highest BCUT2D eigenvalue weighted by Gasteiger charge is 2.21. The number of carbonyl (C=O) groups is 1. The number of hydrogen-bond acceptors (Lipinski definition) is 4. The van der Waals surface area contributed by atoms with Gasteiger partial charge in [-0.1, -0.05) is 42.5 Å². The first kappa shape index (κ1) is 20.4. The lowest BCUT2D eigenvalue weighted by Crippen LogP contribution is -2.48. The molecule has 5 heteroatoms. The molecule has 0 bridgehead atoms. The second kappa shape index (κ2) is 9.72. The predicted molar refractivity (Wildman–Crippen MR) is 120 cm³/mol. The third kappa shape index (κ3) is 4.97. The van der Waals surface area contributed by atoms with E-state index in [1.807, 2.05) is 48.4 Å². The van der Waals surface area contributed by atoms with Gasteiger partial charge >= 0.3 is 0 Å². The molecule has 0 radical (unpaired) electrons. The molecule has 0 N–H and O–H groups in total. The van der Waals surface area contributed by atoms with Crippen LogP contribution in [-0.4, -0.2) is 53.5 Å².